The van der Waals surface area contributed by atoms with Gasteiger partial charge in [-0.2, -0.15) is 0 Å². The first-order valence-electron chi connectivity index (χ1n) is 8.21. The molecule has 138 valence electrons. The van der Waals surface area contributed by atoms with Gasteiger partial charge in [-0.05, 0) is 54.1 Å². The maximum atomic E-state index is 12.2. The molecule has 0 radical (unpaired) electrons. The lowest BCUT2D eigenvalue weighted by atomic mass is 10.1. The minimum Gasteiger partial charge on any atom is -0.496 e. The first kappa shape index (κ1) is 18.8. The number of aliphatic hydroxyl groups is 1. The molecule has 27 heavy (non-hydrogen) atoms. The van der Waals surface area contributed by atoms with Crippen molar-refractivity contribution in [3.8, 4) is 17.1 Å². The molecule has 0 saturated heterocycles. The van der Waals surface area contributed by atoms with Gasteiger partial charge in [0.2, 0.25) is 5.91 Å². The van der Waals surface area contributed by atoms with E-state index in [0.29, 0.717) is 33.5 Å². The Labute approximate surface area is 161 Å². The molecule has 0 atom stereocenters. The lowest BCUT2D eigenvalue weighted by molar-refractivity contribution is -0.111. The van der Waals surface area contributed by atoms with E-state index >= 15 is 0 Å². The predicted octanol–water partition coefficient (Wildman–Crippen LogP) is 4.75. The van der Waals surface area contributed by atoms with Gasteiger partial charge in [-0.15, -0.1) is 0 Å². The van der Waals surface area contributed by atoms with Crippen LogP contribution in [0.25, 0.3) is 17.4 Å². The van der Waals surface area contributed by atoms with E-state index in [1.54, 1.807) is 55.7 Å². The molecule has 2 aromatic carbocycles. The van der Waals surface area contributed by atoms with Crippen molar-refractivity contribution in [1.29, 1.82) is 0 Å². The standard InChI is InChI=1S/C21H18ClNO4/c1-26-19-9-7-16(12-18(19)20-10-8-17(13-24)27-20)23-21(25)11-4-14-2-5-15(22)6-3-14/h2-12,24H,13H2,1H3,(H,23,25)/b11-4+. The van der Waals surface area contributed by atoms with Gasteiger partial charge >= 0.3 is 0 Å². The second-order valence-corrected chi connectivity index (χ2v) is 6.15. The Bertz CT molecular complexity index is 961. The number of amides is 1. The van der Waals surface area contributed by atoms with E-state index in [1.807, 2.05) is 12.1 Å². The third-order valence-electron chi connectivity index (χ3n) is 3.85. The first-order valence-corrected chi connectivity index (χ1v) is 8.59. The highest BCUT2D eigenvalue weighted by Gasteiger charge is 2.12. The fraction of sp³-hybridized carbons (Fsp3) is 0.0952. The molecule has 0 spiro atoms. The van der Waals surface area contributed by atoms with Gasteiger partial charge in [-0.1, -0.05) is 23.7 Å². The molecule has 6 heteroatoms. The average Bonchev–Trinajstić information content (AvgIpc) is 3.16. The fourth-order valence-corrected chi connectivity index (χ4v) is 2.64. The number of methoxy groups -OCH3 is 1. The van der Waals surface area contributed by atoms with Gasteiger partial charge in [-0.3, -0.25) is 4.79 Å². The number of hydrogen-bond donors (Lipinski definition) is 2. The minimum atomic E-state index is -0.267. The number of halogens is 1. The van der Waals surface area contributed by atoms with Crippen molar-refractivity contribution < 1.29 is 19.1 Å². The number of furan rings is 1. The van der Waals surface area contributed by atoms with Gasteiger partial charge in [0.15, 0.2) is 0 Å². The molecule has 3 aromatic rings. The number of carbonyl (C=O) groups excluding carboxylic acids is 1. The zero-order valence-corrected chi connectivity index (χ0v) is 15.4. The molecule has 1 aromatic heterocycles. The maximum Gasteiger partial charge on any atom is 0.248 e. The van der Waals surface area contributed by atoms with Crippen LogP contribution in [0.1, 0.15) is 11.3 Å². The topological polar surface area (TPSA) is 71.7 Å². The van der Waals surface area contributed by atoms with E-state index in [9.17, 15) is 4.79 Å². The number of rotatable bonds is 6. The summed E-state index contributed by atoms with van der Waals surface area (Å²) >= 11 is 5.85. The van der Waals surface area contributed by atoms with Crippen molar-refractivity contribution in [2.75, 3.05) is 12.4 Å². The molecule has 0 aliphatic heterocycles. The molecule has 0 saturated carbocycles. The highest BCUT2D eigenvalue weighted by molar-refractivity contribution is 6.30. The lowest BCUT2D eigenvalue weighted by Gasteiger charge is -2.09. The number of anilines is 1. The number of benzene rings is 2. The molecule has 0 aliphatic carbocycles. The van der Waals surface area contributed by atoms with Crippen LogP contribution >= 0.6 is 11.6 Å². The van der Waals surface area contributed by atoms with E-state index in [4.69, 9.17) is 25.9 Å². The zero-order chi connectivity index (χ0) is 19.2. The van der Waals surface area contributed by atoms with E-state index in [0.717, 1.165) is 5.56 Å². The molecular weight excluding hydrogens is 366 g/mol. The Morgan fingerprint density at radius 2 is 1.96 bits per heavy atom. The summed E-state index contributed by atoms with van der Waals surface area (Å²) in [4.78, 5) is 12.2. The van der Waals surface area contributed by atoms with Crippen LogP contribution in [0.5, 0.6) is 5.75 Å². The number of hydrogen-bond acceptors (Lipinski definition) is 4. The monoisotopic (exact) mass is 383 g/mol. The van der Waals surface area contributed by atoms with Crippen molar-refractivity contribution in [2.24, 2.45) is 0 Å². The summed E-state index contributed by atoms with van der Waals surface area (Å²) in [7, 11) is 1.56. The number of carbonyl (C=O) groups is 1. The molecule has 0 bridgehead atoms. The molecule has 3 rings (SSSR count). The number of nitrogens with one attached hydrogen (secondary N) is 1. The lowest BCUT2D eigenvalue weighted by Crippen LogP contribution is -2.07. The fourth-order valence-electron chi connectivity index (χ4n) is 2.52. The van der Waals surface area contributed by atoms with Crippen LogP contribution in [0, 0.1) is 0 Å². The Morgan fingerprint density at radius 1 is 1.19 bits per heavy atom. The second-order valence-electron chi connectivity index (χ2n) is 5.71. The molecule has 5 nitrogen and oxygen atoms in total. The summed E-state index contributed by atoms with van der Waals surface area (Å²) in [6, 6.07) is 15.9. The van der Waals surface area contributed by atoms with Gasteiger partial charge in [0.25, 0.3) is 0 Å². The van der Waals surface area contributed by atoms with Gasteiger partial charge in [-0.25, -0.2) is 0 Å². The Morgan fingerprint density at radius 3 is 2.63 bits per heavy atom. The van der Waals surface area contributed by atoms with Crippen LogP contribution in [-0.4, -0.2) is 18.1 Å². The van der Waals surface area contributed by atoms with Gasteiger partial charge in [0.05, 0.1) is 12.7 Å². The first-order chi connectivity index (χ1) is 13.1. The van der Waals surface area contributed by atoms with Crippen molar-refractivity contribution in [1.82, 2.24) is 0 Å². The molecule has 0 unspecified atom stereocenters. The summed E-state index contributed by atoms with van der Waals surface area (Å²) in [5.74, 6) is 1.33. The zero-order valence-electron chi connectivity index (χ0n) is 14.6. The van der Waals surface area contributed by atoms with Crippen LogP contribution in [0.15, 0.2) is 65.1 Å². The predicted molar refractivity (Wildman–Crippen MR) is 106 cm³/mol. The normalized spacial score (nSPS) is 10.9. The number of ether oxygens (including phenoxy) is 1. The van der Waals surface area contributed by atoms with Gasteiger partial charge < -0.3 is 19.6 Å². The van der Waals surface area contributed by atoms with Gasteiger partial charge in [0.1, 0.15) is 23.9 Å². The van der Waals surface area contributed by atoms with Gasteiger partial charge in [0, 0.05) is 16.8 Å². The smallest absolute Gasteiger partial charge is 0.248 e. The Balaban J connectivity index is 1.77. The third kappa shape index (κ3) is 4.78. The molecule has 0 aliphatic rings. The molecule has 2 N–H and O–H groups in total. The van der Waals surface area contributed by atoms with Crippen molar-refractivity contribution in [2.45, 2.75) is 6.61 Å². The van der Waals surface area contributed by atoms with Crippen molar-refractivity contribution >= 4 is 29.3 Å². The van der Waals surface area contributed by atoms with E-state index < -0.39 is 0 Å². The summed E-state index contributed by atoms with van der Waals surface area (Å²) in [5.41, 5.74) is 2.15. The second kappa shape index (κ2) is 8.58. The highest BCUT2D eigenvalue weighted by Crippen LogP contribution is 2.33. The van der Waals surface area contributed by atoms with Crippen molar-refractivity contribution in [3.05, 3.63) is 77.0 Å². The SMILES string of the molecule is COc1ccc(NC(=O)/C=C/c2ccc(Cl)cc2)cc1-c1ccc(CO)o1. The van der Waals surface area contributed by atoms with Crippen LogP contribution in [0.4, 0.5) is 5.69 Å². The average molecular weight is 384 g/mol. The maximum absolute atomic E-state index is 12.2. The molecule has 0 fully saturated rings. The van der Waals surface area contributed by atoms with Crippen LogP contribution in [0.3, 0.4) is 0 Å². The van der Waals surface area contributed by atoms with Crippen LogP contribution < -0.4 is 10.1 Å². The van der Waals surface area contributed by atoms with E-state index in [1.165, 1.54) is 6.08 Å². The molecular formula is C21H18ClNO4. The van der Waals surface area contributed by atoms with E-state index in [2.05, 4.69) is 5.32 Å². The molecule has 1 amide bonds. The molecule has 1 heterocycles. The summed E-state index contributed by atoms with van der Waals surface area (Å²) in [6.45, 7) is -0.186. The quantitative estimate of drug-likeness (QED) is 0.602. The summed E-state index contributed by atoms with van der Waals surface area (Å²) in [6.07, 6.45) is 3.15. The Kier molecular flexibility index (Phi) is 5.96. The summed E-state index contributed by atoms with van der Waals surface area (Å²) < 4.78 is 10.9. The number of aliphatic hydroxyl groups excluding tert-OH is 1. The van der Waals surface area contributed by atoms with Crippen molar-refractivity contribution in [3.63, 3.8) is 0 Å². The Hall–Kier alpha value is -3.02. The van der Waals surface area contributed by atoms with Crippen LogP contribution in [0.2, 0.25) is 5.02 Å². The highest BCUT2D eigenvalue weighted by atomic mass is 35.5. The summed E-state index contributed by atoms with van der Waals surface area (Å²) in [5, 5.41) is 12.6. The minimum absolute atomic E-state index is 0.186. The third-order valence-corrected chi connectivity index (χ3v) is 4.10. The largest absolute Gasteiger partial charge is 0.496 e. The van der Waals surface area contributed by atoms with Crippen LogP contribution in [-0.2, 0) is 11.4 Å². The van der Waals surface area contributed by atoms with E-state index in [-0.39, 0.29) is 12.5 Å².